The van der Waals surface area contributed by atoms with Crippen LogP contribution in [-0.4, -0.2) is 52.9 Å². The van der Waals surface area contributed by atoms with Crippen LogP contribution in [0.15, 0.2) is 24.5 Å². The molecular weight excluding hydrogens is 354 g/mol. The maximum atomic E-state index is 12.9. The lowest BCUT2D eigenvalue weighted by molar-refractivity contribution is -0.00491. The van der Waals surface area contributed by atoms with Crippen molar-refractivity contribution in [2.75, 3.05) is 25.4 Å². The van der Waals surface area contributed by atoms with Gasteiger partial charge in [-0.2, -0.15) is 9.40 Å². The number of ether oxygens (including phenoxy) is 1. The summed E-state index contributed by atoms with van der Waals surface area (Å²) in [5, 5.41) is 6.86. The third-order valence-corrected chi connectivity index (χ3v) is 7.56. The Balaban J connectivity index is 1.59. The number of morpholine rings is 1. The van der Waals surface area contributed by atoms with E-state index in [1.165, 1.54) is 0 Å². The number of sulfonamides is 1. The van der Waals surface area contributed by atoms with Gasteiger partial charge in [-0.15, -0.1) is 0 Å². The van der Waals surface area contributed by atoms with Crippen LogP contribution in [0.3, 0.4) is 0 Å². The molecule has 1 saturated carbocycles. The quantitative estimate of drug-likeness (QED) is 0.838. The van der Waals surface area contributed by atoms with Crippen LogP contribution < -0.4 is 5.73 Å². The van der Waals surface area contributed by atoms with E-state index in [0.29, 0.717) is 25.5 Å². The zero-order valence-electron chi connectivity index (χ0n) is 14.5. The molecule has 1 unspecified atom stereocenters. The SMILES string of the molecule is Nc1cc(-c2cn[nH]c2C2CN(S(=O)(=O)C3CCCC3)CCO2)ccn1. The van der Waals surface area contributed by atoms with Crippen LogP contribution in [0.1, 0.15) is 37.5 Å². The molecule has 140 valence electrons. The molecule has 3 heterocycles. The third kappa shape index (κ3) is 3.22. The molecule has 1 aliphatic carbocycles. The van der Waals surface area contributed by atoms with Gasteiger partial charge >= 0.3 is 0 Å². The van der Waals surface area contributed by atoms with E-state index in [2.05, 4.69) is 15.2 Å². The fourth-order valence-electron chi connectivity index (χ4n) is 3.82. The molecule has 8 nitrogen and oxygen atoms in total. The molecule has 1 saturated heterocycles. The largest absolute Gasteiger partial charge is 0.384 e. The van der Waals surface area contributed by atoms with Crippen LogP contribution in [0.2, 0.25) is 0 Å². The number of hydrogen-bond donors (Lipinski definition) is 2. The van der Waals surface area contributed by atoms with Gasteiger partial charge in [-0.05, 0) is 30.5 Å². The van der Waals surface area contributed by atoms with E-state index in [-0.39, 0.29) is 11.4 Å². The lowest BCUT2D eigenvalue weighted by Gasteiger charge is -2.33. The fourth-order valence-corrected chi connectivity index (χ4v) is 5.84. The predicted molar refractivity (Wildman–Crippen MR) is 97.7 cm³/mol. The van der Waals surface area contributed by atoms with E-state index >= 15 is 0 Å². The molecule has 1 atom stereocenters. The smallest absolute Gasteiger partial charge is 0.217 e. The van der Waals surface area contributed by atoms with Crippen molar-refractivity contribution in [3.63, 3.8) is 0 Å². The Hall–Kier alpha value is -1.97. The number of aromatic nitrogens is 3. The number of nitrogens with two attached hydrogens (primary N) is 1. The second-order valence-electron chi connectivity index (χ2n) is 6.84. The van der Waals surface area contributed by atoms with Crippen LogP contribution in [0, 0.1) is 0 Å². The molecule has 9 heteroatoms. The molecule has 2 aromatic rings. The first-order chi connectivity index (χ1) is 12.6. The van der Waals surface area contributed by atoms with Gasteiger partial charge in [-0.1, -0.05) is 12.8 Å². The van der Waals surface area contributed by atoms with Crippen molar-refractivity contribution in [1.82, 2.24) is 19.5 Å². The second kappa shape index (κ2) is 6.98. The van der Waals surface area contributed by atoms with E-state index in [9.17, 15) is 8.42 Å². The highest BCUT2D eigenvalue weighted by atomic mass is 32.2. The van der Waals surface area contributed by atoms with Gasteiger partial charge in [0.05, 0.1) is 23.7 Å². The highest BCUT2D eigenvalue weighted by Crippen LogP contribution is 2.34. The Kier molecular flexibility index (Phi) is 4.68. The van der Waals surface area contributed by atoms with Crippen molar-refractivity contribution in [2.45, 2.75) is 37.0 Å². The van der Waals surface area contributed by atoms with Gasteiger partial charge < -0.3 is 10.5 Å². The van der Waals surface area contributed by atoms with Gasteiger partial charge in [0.25, 0.3) is 0 Å². The van der Waals surface area contributed by atoms with Crippen molar-refractivity contribution in [1.29, 1.82) is 0 Å². The molecule has 2 fully saturated rings. The minimum absolute atomic E-state index is 0.248. The summed E-state index contributed by atoms with van der Waals surface area (Å²) in [6.07, 6.45) is 6.47. The first-order valence-corrected chi connectivity index (χ1v) is 10.4. The Bertz CT molecular complexity index is 876. The number of pyridine rings is 1. The van der Waals surface area contributed by atoms with E-state index in [4.69, 9.17) is 10.5 Å². The summed E-state index contributed by atoms with van der Waals surface area (Å²) in [5.41, 5.74) is 8.27. The van der Waals surface area contributed by atoms with Crippen molar-refractivity contribution in [3.8, 4) is 11.1 Å². The van der Waals surface area contributed by atoms with E-state index in [1.807, 2.05) is 6.07 Å². The molecule has 2 aliphatic rings. The van der Waals surface area contributed by atoms with Crippen molar-refractivity contribution in [3.05, 3.63) is 30.2 Å². The Morgan fingerprint density at radius 2 is 2.12 bits per heavy atom. The maximum Gasteiger partial charge on any atom is 0.217 e. The molecule has 0 radical (unpaired) electrons. The van der Waals surface area contributed by atoms with Crippen LogP contribution in [-0.2, 0) is 14.8 Å². The van der Waals surface area contributed by atoms with Gasteiger partial charge in [-0.25, -0.2) is 13.4 Å². The monoisotopic (exact) mass is 377 g/mol. The van der Waals surface area contributed by atoms with Crippen molar-refractivity contribution < 1.29 is 13.2 Å². The molecule has 0 amide bonds. The molecule has 1 aliphatic heterocycles. The number of rotatable bonds is 4. The average Bonchev–Trinajstić information content (AvgIpc) is 3.34. The molecule has 0 bridgehead atoms. The number of nitrogens with zero attached hydrogens (tertiary/aromatic N) is 3. The summed E-state index contributed by atoms with van der Waals surface area (Å²) in [4.78, 5) is 4.01. The number of anilines is 1. The maximum absolute atomic E-state index is 12.9. The number of nitrogens with one attached hydrogen (secondary N) is 1. The van der Waals surface area contributed by atoms with Gasteiger partial charge in [0.1, 0.15) is 11.9 Å². The molecule has 4 rings (SSSR count). The summed E-state index contributed by atoms with van der Waals surface area (Å²) in [6, 6.07) is 3.62. The van der Waals surface area contributed by atoms with Crippen LogP contribution in [0.5, 0.6) is 0 Å². The number of H-pyrrole nitrogens is 1. The molecule has 26 heavy (non-hydrogen) atoms. The Morgan fingerprint density at radius 1 is 1.31 bits per heavy atom. The number of nitrogen functional groups attached to an aromatic ring is 1. The Labute approximate surface area is 152 Å². The minimum Gasteiger partial charge on any atom is -0.384 e. The van der Waals surface area contributed by atoms with Gasteiger partial charge in [-0.3, -0.25) is 5.10 Å². The highest BCUT2D eigenvalue weighted by Gasteiger charge is 2.38. The van der Waals surface area contributed by atoms with Crippen LogP contribution >= 0.6 is 0 Å². The molecule has 3 N–H and O–H groups in total. The second-order valence-corrected chi connectivity index (χ2v) is 9.05. The fraction of sp³-hybridized carbons (Fsp3) is 0.529. The van der Waals surface area contributed by atoms with Crippen molar-refractivity contribution >= 4 is 15.8 Å². The number of aromatic amines is 1. The molecule has 2 aromatic heterocycles. The summed E-state index contributed by atoms with van der Waals surface area (Å²) < 4.78 is 33.3. The lowest BCUT2D eigenvalue weighted by atomic mass is 10.0. The predicted octanol–water partition coefficient (Wildman–Crippen LogP) is 1.70. The zero-order chi connectivity index (χ0) is 18.1. The Morgan fingerprint density at radius 3 is 2.88 bits per heavy atom. The minimum atomic E-state index is -3.28. The first-order valence-electron chi connectivity index (χ1n) is 8.91. The summed E-state index contributed by atoms with van der Waals surface area (Å²) in [5.74, 6) is 0.421. The average molecular weight is 377 g/mol. The number of hydrogen-bond acceptors (Lipinski definition) is 6. The van der Waals surface area contributed by atoms with E-state index < -0.39 is 10.0 Å². The first kappa shape index (κ1) is 17.4. The van der Waals surface area contributed by atoms with Gasteiger partial charge in [0, 0.05) is 24.8 Å². The molecule has 0 aromatic carbocycles. The summed E-state index contributed by atoms with van der Waals surface area (Å²) in [7, 11) is -3.28. The summed E-state index contributed by atoms with van der Waals surface area (Å²) in [6.45, 7) is 1.07. The highest BCUT2D eigenvalue weighted by molar-refractivity contribution is 7.89. The summed E-state index contributed by atoms with van der Waals surface area (Å²) >= 11 is 0. The lowest BCUT2D eigenvalue weighted by Crippen LogP contribution is -2.45. The van der Waals surface area contributed by atoms with Crippen LogP contribution in [0.4, 0.5) is 5.82 Å². The van der Waals surface area contributed by atoms with Crippen LogP contribution in [0.25, 0.3) is 11.1 Å². The third-order valence-electron chi connectivity index (χ3n) is 5.20. The van der Waals surface area contributed by atoms with Gasteiger partial charge in [0.15, 0.2) is 0 Å². The van der Waals surface area contributed by atoms with E-state index in [0.717, 1.165) is 42.5 Å². The van der Waals surface area contributed by atoms with Crippen molar-refractivity contribution in [2.24, 2.45) is 0 Å². The topological polar surface area (TPSA) is 114 Å². The molecular formula is C17H23N5O3S. The zero-order valence-corrected chi connectivity index (χ0v) is 15.3. The normalized spacial score (nSPS) is 22.7. The van der Waals surface area contributed by atoms with Gasteiger partial charge in [0.2, 0.25) is 10.0 Å². The standard InChI is InChI=1S/C17H23N5O3S/c18-16-9-12(5-6-19-16)14-10-20-21-17(14)15-11-22(7-8-25-15)26(23,24)13-3-1-2-4-13/h5-6,9-10,13,15H,1-4,7-8,11H2,(H2,18,19)(H,20,21). The molecule has 0 spiro atoms. The van der Waals surface area contributed by atoms with E-state index in [1.54, 1.807) is 22.8 Å².